The molecule has 9 nitrogen and oxygen atoms in total. The number of esters is 1. The van der Waals surface area contributed by atoms with Crippen LogP contribution in [0.15, 0.2) is 24.3 Å². The van der Waals surface area contributed by atoms with Gasteiger partial charge in [0.15, 0.2) is 0 Å². The van der Waals surface area contributed by atoms with Crippen LogP contribution in [0.5, 0.6) is 0 Å². The molecule has 0 rings (SSSR count). The molecule has 55 heavy (non-hydrogen) atoms. The number of phosphoric acid groups is 1. The van der Waals surface area contributed by atoms with E-state index in [0.29, 0.717) is 6.42 Å². The highest BCUT2D eigenvalue weighted by atomic mass is 31.2. The lowest BCUT2D eigenvalue weighted by atomic mass is 10.0. The molecule has 0 aliphatic carbocycles. The first-order valence-electron chi connectivity index (χ1n) is 22.8. The number of carbonyl (C=O) groups excluding carboxylic acids is 2. The molecule has 0 saturated carbocycles. The normalized spacial score (nSPS) is 13.5. The van der Waals surface area contributed by atoms with Gasteiger partial charge in [0.1, 0.15) is 12.7 Å². The van der Waals surface area contributed by atoms with Crippen LogP contribution < -0.4 is 5.32 Å². The molecule has 0 aromatic heterocycles. The van der Waals surface area contributed by atoms with Crippen molar-refractivity contribution >= 4 is 19.7 Å². The topological polar surface area (TPSA) is 131 Å². The molecule has 10 heteroatoms. The summed E-state index contributed by atoms with van der Waals surface area (Å²) in [5, 5.41) is 12.7. The van der Waals surface area contributed by atoms with Crippen molar-refractivity contribution in [2.24, 2.45) is 0 Å². The van der Waals surface area contributed by atoms with Crippen molar-refractivity contribution in [1.29, 1.82) is 0 Å². The lowest BCUT2D eigenvalue weighted by Crippen LogP contribution is -2.27. The Labute approximate surface area is 338 Å². The fourth-order valence-corrected chi connectivity index (χ4v) is 7.17. The number of rotatable bonds is 43. The SMILES string of the molecule is CCCCC/C=C\C/C=C\CCCCCCCCCCCCCCCC(=O)OCC(O)COP(=O)(O)OCCNC(=O)CCCCCCCCCCCCC. The zero-order valence-electron chi connectivity index (χ0n) is 35.6. The third kappa shape index (κ3) is 43.5. The predicted molar refractivity (Wildman–Crippen MR) is 229 cm³/mol. The van der Waals surface area contributed by atoms with E-state index in [9.17, 15) is 24.2 Å². The zero-order valence-corrected chi connectivity index (χ0v) is 36.5. The maximum absolute atomic E-state index is 12.1. The minimum absolute atomic E-state index is 0.0853. The van der Waals surface area contributed by atoms with Crippen LogP contribution >= 0.6 is 7.82 Å². The van der Waals surface area contributed by atoms with E-state index < -0.39 is 26.5 Å². The number of allylic oxidation sites excluding steroid dienone is 4. The van der Waals surface area contributed by atoms with Gasteiger partial charge in [-0.2, -0.15) is 0 Å². The number of hydrogen-bond acceptors (Lipinski definition) is 7. The summed E-state index contributed by atoms with van der Waals surface area (Å²) in [5.74, 6) is -0.511. The van der Waals surface area contributed by atoms with Gasteiger partial charge in [0.2, 0.25) is 5.91 Å². The molecule has 2 unspecified atom stereocenters. The maximum Gasteiger partial charge on any atom is 0.472 e. The number of aliphatic hydroxyl groups excluding tert-OH is 1. The van der Waals surface area contributed by atoms with E-state index in [2.05, 4.69) is 43.5 Å². The lowest BCUT2D eigenvalue weighted by molar-refractivity contribution is -0.147. The number of unbranched alkanes of at least 4 members (excludes halogenated alkanes) is 26. The van der Waals surface area contributed by atoms with Gasteiger partial charge in [-0.3, -0.25) is 18.6 Å². The number of hydrogen-bond donors (Lipinski definition) is 3. The second-order valence-corrected chi connectivity index (χ2v) is 16.8. The van der Waals surface area contributed by atoms with Gasteiger partial charge in [0, 0.05) is 19.4 Å². The van der Waals surface area contributed by atoms with Gasteiger partial charge in [-0.05, 0) is 44.9 Å². The first-order valence-corrected chi connectivity index (χ1v) is 24.3. The minimum atomic E-state index is -4.41. The summed E-state index contributed by atoms with van der Waals surface area (Å²) in [4.78, 5) is 33.9. The number of ether oxygens (including phenoxy) is 1. The summed E-state index contributed by atoms with van der Waals surface area (Å²) in [6, 6.07) is 0. The number of amides is 1. The van der Waals surface area contributed by atoms with Crippen LogP contribution in [0.4, 0.5) is 0 Å². The van der Waals surface area contributed by atoms with Gasteiger partial charge < -0.3 is 20.1 Å². The maximum atomic E-state index is 12.1. The Kier molecular flexibility index (Phi) is 40.9. The molecule has 0 aliphatic heterocycles. The molecular weight excluding hydrogens is 713 g/mol. The van der Waals surface area contributed by atoms with E-state index in [-0.39, 0.29) is 32.1 Å². The number of aliphatic hydroxyl groups is 1. The van der Waals surface area contributed by atoms with Gasteiger partial charge in [-0.15, -0.1) is 0 Å². The molecule has 0 bridgehead atoms. The average molecular weight is 800 g/mol. The first kappa shape index (κ1) is 53.5. The van der Waals surface area contributed by atoms with Crippen LogP contribution in [0.25, 0.3) is 0 Å². The molecule has 2 atom stereocenters. The van der Waals surface area contributed by atoms with Gasteiger partial charge in [-0.1, -0.05) is 186 Å². The summed E-state index contributed by atoms with van der Waals surface area (Å²) in [6.07, 6.45) is 45.4. The van der Waals surface area contributed by atoms with Gasteiger partial charge in [-0.25, -0.2) is 4.57 Å². The summed E-state index contributed by atoms with van der Waals surface area (Å²) >= 11 is 0. The van der Waals surface area contributed by atoms with E-state index in [1.54, 1.807) is 0 Å². The molecule has 0 radical (unpaired) electrons. The third-order valence-electron chi connectivity index (χ3n) is 9.88. The molecule has 0 spiro atoms. The van der Waals surface area contributed by atoms with E-state index in [1.807, 2.05) is 0 Å². The molecule has 324 valence electrons. The molecule has 0 heterocycles. The quantitative estimate of drug-likeness (QED) is 0.0240. The van der Waals surface area contributed by atoms with Crippen LogP contribution in [0, 0.1) is 0 Å². The fraction of sp³-hybridized carbons (Fsp3) is 0.867. The van der Waals surface area contributed by atoms with Crippen LogP contribution in [-0.2, 0) is 27.9 Å². The monoisotopic (exact) mass is 800 g/mol. The third-order valence-corrected chi connectivity index (χ3v) is 10.9. The highest BCUT2D eigenvalue weighted by Gasteiger charge is 2.23. The van der Waals surface area contributed by atoms with Crippen molar-refractivity contribution in [3.63, 3.8) is 0 Å². The smallest absolute Gasteiger partial charge is 0.463 e. The Morgan fingerprint density at radius 3 is 1.49 bits per heavy atom. The molecule has 0 fully saturated rings. The Balaban J connectivity index is 3.54. The Bertz CT molecular complexity index is 959. The van der Waals surface area contributed by atoms with Gasteiger partial charge >= 0.3 is 13.8 Å². The second-order valence-electron chi connectivity index (χ2n) is 15.4. The largest absolute Gasteiger partial charge is 0.472 e. The van der Waals surface area contributed by atoms with E-state index >= 15 is 0 Å². The summed E-state index contributed by atoms with van der Waals surface area (Å²) < 4.78 is 26.9. The van der Waals surface area contributed by atoms with E-state index in [4.69, 9.17) is 13.8 Å². The van der Waals surface area contributed by atoms with Crippen LogP contribution in [0.1, 0.15) is 219 Å². The molecule has 3 N–H and O–H groups in total. The van der Waals surface area contributed by atoms with Crippen molar-refractivity contribution < 1.29 is 37.9 Å². The summed E-state index contributed by atoms with van der Waals surface area (Å²) in [6.45, 7) is 3.54. The Hall–Kier alpha value is -1.51. The first-order chi connectivity index (χ1) is 26.8. The van der Waals surface area contributed by atoms with Crippen LogP contribution in [0.3, 0.4) is 0 Å². The molecule has 0 aromatic rings. The van der Waals surface area contributed by atoms with E-state index in [0.717, 1.165) is 44.9 Å². The highest BCUT2D eigenvalue weighted by Crippen LogP contribution is 2.42. The second kappa shape index (κ2) is 42.1. The Morgan fingerprint density at radius 2 is 0.982 bits per heavy atom. The molecule has 0 aliphatic rings. The molecule has 0 saturated heterocycles. The van der Waals surface area contributed by atoms with Crippen molar-refractivity contribution in [3.8, 4) is 0 Å². The predicted octanol–water partition coefficient (Wildman–Crippen LogP) is 12.8. The number of carbonyl (C=O) groups is 2. The van der Waals surface area contributed by atoms with Gasteiger partial charge in [0.25, 0.3) is 0 Å². The van der Waals surface area contributed by atoms with Crippen LogP contribution in [-0.4, -0.2) is 54.3 Å². The van der Waals surface area contributed by atoms with Crippen molar-refractivity contribution in [1.82, 2.24) is 5.32 Å². The fourth-order valence-electron chi connectivity index (χ4n) is 6.41. The number of phosphoric ester groups is 1. The minimum Gasteiger partial charge on any atom is -0.463 e. The molecular formula is C45H86NO8P. The summed E-state index contributed by atoms with van der Waals surface area (Å²) in [5.41, 5.74) is 0. The molecule has 0 aromatic carbocycles. The van der Waals surface area contributed by atoms with Gasteiger partial charge in [0.05, 0.1) is 13.2 Å². The lowest BCUT2D eigenvalue weighted by Gasteiger charge is -2.15. The molecule has 1 amide bonds. The van der Waals surface area contributed by atoms with Crippen LogP contribution in [0.2, 0.25) is 0 Å². The van der Waals surface area contributed by atoms with Crippen molar-refractivity contribution in [2.75, 3.05) is 26.4 Å². The van der Waals surface area contributed by atoms with E-state index in [1.165, 1.54) is 148 Å². The average Bonchev–Trinajstić information content (AvgIpc) is 3.17. The Morgan fingerprint density at radius 1 is 0.564 bits per heavy atom. The zero-order chi connectivity index (χ0) is 40.3. The van der Waals surface area contributed by atoms with Crippen molar-refractivity contribution in [2.45, 2.75) is 225 Å². The summed E-state index contributed by atoms with van der Waals surface area (Å²) in [7, 11) is -4.41. The van der Waals surface area contributed by atoms with Crippen molar-refractivity contribution in [3.05, 3.63) is 24.3 Å². The number of nitrogens with one attached hydrogen (secondary N) is 1. The standard InChI is InChI=1S/C45H86NO8P/c1-3-5-7-9-11-13-15-16-17-18-19-20-21-22-23-24-25-26-28-30-32-34-36-38-45(49)52-41-43(47)42-54-55(50,51)53-40-39-46-44(48)37-35-33-31-29-27-14-12-10-8-6-4-2/h11,13,16-17,43,47H,3-10,12,14-15,18-42H2,1-2H3,(H,46,48)(H,50,51)/b13-11-,17-16-. The highest BCUT2D eigenvalue weighted by molar-refractivity contribution is 7.47.